The van der Waals surface area contributed by atoms with Crippen LogP contribution in [-0.4, -0.2) is 30.2 Å². The lowest BCUT2D eigenvalue weighted by atomic mass is 10.1. The molecule has 0 fully saturated rings. The maximum atomic E-state index is 5.85. The standard InChI is InChI=1S/C18H21ClN2OS/c1-13-4-7-16(12-14(13)2)20-18(23)21(3)10-11-22-17-8-5-15(19)6-9-17/h4-9,12H,10-11H2,1-3H3,(H,20,23). The molecule has 0 unspecified atom stereocenters. The average Bonchev–Trinajstić information content (AvgIpc) is 2.52. The fraction of sp³-hybridized carbons (Fsp3) is 0.278. The normalized spacial score (nSPS) is 10.3. The molecule has 5 heteroatoms. The summed E-state index contributed by atoms with van der Waals surface area (Å²) in [5, 5.41) is 4.63. The first kappa shape index (κ1) is 17.6. The number of hydrogen-bond acceptors (Lipinski definition) is 2. The second kappa shape index (κ2) is 8.18. The maximum Gasteiger partial charge on any atom is 0.173 e. The van der Waals surface area contributed by atoms with Crippen molar-refractivity contribution < 1.29 is 4.74 Å². The van der Waals surface area contributed by atoms with E-state index in [1.165, 1.54) is 11.1 Å². The number of benzene rings is 2. The largest absolute Gasteiger partial charge is 0.492 e. The van der Waals surface area contributed by atoms with E-state index in [0.717, 1.165) is 11.4 Å². The van der Waals surface area contributed by atoms with Crippen LogP contribution in [0.25, 0.3) is 0 Å². The third kappa shape index (κ3) is 5.41. The molecule has 0 radical (unpaired) electrons. The minimum atomic E-state index is 0.548. The summed E-state index contributed by atoms with van der Waals surface area (Å²) in [5.74, 6) is 0.802. The fourth-order valence-electron chi connectivity index (χ4n) is 1.97. The highest BCUT2D eigenvalue weighted by molar-refractivity contribution is 7.80. The third-order valence-electron chi connectivity index (χ3n) is 3.61. The van der Waals surface area contributed by atoms with Gasteiger partial charge in [-0.05, 0) is 73.6 Å². The highest BCUT2D eigenvalue weighted by atomic mass is 35.5. The molecule has 0 saturated carbocycles. The summed E-state index contributed by atoms with van der Waals surface area (Å²) in [5.41, 5.74) is 3.52. The number of ether oxygens (including phenoxy) is 1. The molecule has 2 aromatic carbocycles. The first-order chi connectivity index (χ1) is 11.0. The van der Waals surface area contributed by atoms with E-state index in [0.29, 0.717) is 23.3 Å². The Balaban J connectivity index is 1.80. The Bertz CT molecular complexity index is 673. The Morgan fingerprint density at radius 1 is 1.13 bits per heavy atom. The van der Waals surface area contributed by atoms with Crippen molar-refractivity contribution in [3.8, 4) is 5.75 Å². The number of hydrogen-bond donors (Lipinski definition) is 1. The number of thiocarbonyl (C=S) groups is 1. The Morgan fingerprint density at radius 3 is 2.48 bits per heavy atom. The molecule has 0 aliphatic carbocycles. The number of nitrogens with one attached hydrogen (secondary N) is 1. The van der Waals surface area contributed by atoms with Crippen molar-refractivity contribution in [2.24, 2.45) is 0 Å². The zero-order valence-corrected chi connectivity index (χ0v) is 15.2. The van der Waals surface area contributed by atoms with Crippen LogP contribution in [0, 0.1) is 13.8 Å². The zero-order valence-electron chi connectivity index (χ0n) is 13.6. The number of anilines is 1. The van der Waals surface area contributed by atoms with Gasteiger partial charge in [-0.15, -0.1) is 0 Å². The maximum absolute atomic E-state index is 5.85. The molecule has 3 nitrogen and oxygen atoms in total. The van der Waals surface area contributed by atoms with Crippen LogP contribution in [0.2, 0.25) is 5.02 Å². The molecule has 0 aliphatic heterocycles. The van der Waals surface area contributed by atoms with Gasteiger partial charge in [-0.25, -0.2) is 0 Å². The van der Waals surface area contributed by atoms with Gasteiger partial charge in [0.1, 0.15) is 12.4 Å². The van der Waals surface area contributed by atoms with Gasteiger partial charge in [-0.3, -0.25) is 0 Å². The Hall–Kier alpha value is -1.78. The van der Waals surface area contributed by atoms with Crippen molar-refractivity contribution in [2.45, 2.75) is 13.8 Å². The summed E-state index contributed by atoms with van der Waals surface area (Å²) in [6, 6.07) is 13.6. The molecule has 0 spiro atoms. The van der Waals surface area contributed by atoms with Crippen molar-refractivity contribution in [2.75, 3.05) is 25.5 Å². The van der Waals surface area contributed by atoms with E-state index >= 15 is 0 Å². The van der Waals surface area contributed by atoms with Gasteiger partial charge in [0.15, 0.2) is 5.11 Å². The summed E-state index contributed by atoms with van der Waals surface area (Å²) in [4.78, 5) is 1.96. The van der Waals surface area contributed by atoms with E-state index in [1.54, 1.807) is 0 Å². The smallest absolute Gasteiger partial charge is 0.173 e. The highest BCUT2D eigenvalue weighted by Gasteiger charge is 2.06. The molecule has 0 bridgehead atoms. The molecule has 2 rings (SSSR count). The van der Waals surface area contributed by atoms with Gasteiger partial charge < -0.3 is 15.0 Å². The average molecular weight is 349 g/mol. The Labute approximate surface area is 148 Å². The second-order valence-corrected chi connectivity index (χ2v) is 6.28. The van der Waals surface area contributed by atoms with E-state index in [9.17, 15) is 0 Å². The van der Waals surface area contributed by atoms with Gasteiger partial charge in [0.2, 0.25) is 0 Å². The number of rotatable bonds is 5. The SMILES string of the molecule is Cc1ccc(NC(=S)N(C)CCOc2ccc(Cl)cc2)cc1C. The summed E-state index contributed by atoms with van der Waals surface area (Å²) < 4.78 is 5.68. The van der Waals surface area contributed by atoms with E-state index in [-0.39, 0.29) is 0 Å². The number of likely N-dealkylation sites (N-methyl/N-ethyl adjacent to an activating group) is 1. The Morgan fingerprint density at radius 2 is 1.83 bits per heavy atom. The first-order valence-electron chi connectivity index (χ1n) is 7.43. The molecular weight excluding hydrogens is 328 g/mol. The van der Waals surface area contributed by atoms with Crippen LogP contribution >= 0.6 is 23.8 Å². The molecule has 2 aromatic rings. The van der Waals surface area contributed by atoms with E-state index < -0.39 is 0 Å². The van der Waals surface area contributed by atoms with Gasteiger partial charge in [0.25, 0.3) is 0 Å². The molecular formula is C18H21ClN2OS. The fourth-order valence-corrected chi connectivity index (χ4v) is 2.31. The van der Waals surface area contributed by atoms with Gasteiger partial charge >= 0.3 is 0 Å². The van der Waals surface area contributed by atoms with Crippen molar-refractivity contribution in [1.29, 1.82) is 0 Å². The lowest BCUT2D eigenvalue weighted by Crippen LogP contribution is -2.34. The predicted octanol–water partition coefficient (Wildman–Crippen LogP) is 4.66. The van der Waals surface area contributed by atoms with Crippen LogP contribution in [0.4, 0.5) is 5.69 Å². The first-order valence-corrected chi connectivity index (χ1v) is 8.22. The van der Waals surface area contributed by atoms with Gasteiger partial charge in [0.05, 0.1) is 6.54 Å². The topological polar surface area (TPSA) is 24.5 Å². The minimum Gasteiger partial charge on any atom is -0.492 e. The van der Waals surface area contributed by atoms with Crippen LogP contribution in [-0.2, 0) is 0 Å². The van der Waals surface area contributed by atoms with Gasteiger partial charge in [-0.1, -0.05) is 17.7 Å². The van der Waals surface area contributed by atoms with Crippen LogP contribution < -0.4 is 10.1 Å². The van der Waals surface area contributed by atoms with Crippen molar-refractivity contribution in [3.63, 3.8) is 0 Å². The summed E-state index contributed by atoms with van der Waals surface area (Å²) in [6.07, 6.45) is 0. The van der Waals surface area contributed by atoms with Crippen LogP contribution in [0.1, 0.15) is 11.1 Å². The molecule has 1 N–H and O–H groups in total. The zero-order chi connectivity index (χ0) is 16.8. The number of nitrogens with zero attached hydrogens (tertiary/aromatic N) is 1. The quantitative estimate of drug-likeness (QED) is 0.794. The molecule has 0 atom stereocenters. The minimum absolute atomic E-state index is 0.548. The summed E-state index contributed by atoms with van der Waals surface area (Å²) in [7, 11) is 1.95. The van der Waals surface area contributed by atoms with Crippen molar-refractivity contribution in [3.05, 3.63) is 58.6 Å². The third-order valence-corrected chi connectivity index (χ3v) is 4.28. The lowest BCUT2D eigenvalue weighted by molar-refractivity contribution is 0.285. The summed E-state index contributed by atoms with van der Waals surface area (Å²) in [6.45, 7) is 5.43. The van der Waals surface area contributed by atoms with Gasteiger partial charge in [0, 0.05) is 17.8 Å². The highest BCUT2D eigenvalue weighted by Crippen LogP contribution is 2.16. The molecule has 0 amide bonds. The van der Waals surface area contributed by atoms with E-state index in [1.807, 2.05) is 42.3 Å². The van der Waals surface area contributed by atoms with Crippen molar-refractivity contribution >= 4 is 34.6 Å². The van der Waals surface area contributed by atoms with Crippen LogP contribution in [0.5, 0.6) is 5.75 Å². The molecule has 0 aliphatic rings. The Kier molecular flexibility index (Phi) is 6.25. The van der Waals surface area contributed by atoms with Crippen LogP contribution in [0.3, 0.4) is 0 Å². The molecule has 0 aromatic heterocycles. The van der Waals surface area contributed by atoms with Crippen LogP contribution in [0.15, 0.2) is 42.5 Å². The molecule has 0 saturated heterocycles. The summed E-state index contributed by atoms with van der Waals surface area (Å²) >= 11 is 11.3. The monoisotopic (exact) mass is 348 g/mol. The number of halogens is 1. The molecule has 122 valence electrons. The molecule has 0 heterocycles. The lowest BCUT2D eigenvalue weighted by Gasteiger charge is -2.21. The second-order valence-electron chi connectivity index (χ2n) is 5.45. The van der Waals surface area contributed by atoms with E-state index in [4.69, 9.17) is 28.6 Å². The van der Waals surface area contributed by atoms with E-state index in [2.05, 4.69) is 31.3 Å². The van der Waals surface area contributed by atoms with Crippen molar-refractivity contribution in [1.82, 2.24) is 4.90 Å². The predicted molar refractivity (Wildman–Crippen MR) is 102 cm³/mol. The van der Waals surface area contributed by atoms with Gasteiger partial charge in [-0.2, -0.15) is 0 Å². The number of aryl methyl sites for hydroxylation is 2. The molecule has 23 heavy (non-hydrogen) atoms.